The minimum Gasteiger partial charge on any atom is -0.507 e. The van der Waals surface area contributed by atoms with Gasteiger partial charge in [-0.15, -0.1) is 0 Å². The zero-order valence-electron chi connectivity index (χ0n) is 14.0. The maximum Gasteiger partial charge on any atom is 0.339 e. The maximum absolute atomic E-state index is 12.8. The Hall–Kier alpha value is -2.33. The SMILES string of the molecule is Cc1c(C(=O)c2ccc(Cl)cc2)cc(C(C)(C)C)c(O)c1C(=O)O. The Morgan fingerprint density at radius 2 is 1.62 bits per heavy atom. The molecule has 0 saturated heterocycles. The lowest BCUT2D eigenvalue weighted by molar-refractivity contribution is 0.0692. The average Bonchev–Trinajstić information content (AvgIpc) is 2.45. The van der Waals surface area contributed by atoms with Gasteiger partial charge in [0.2, 0.25) is 0 Å². The van der Waals surface area contributed by atoms with Crippen molar-refractivity contribution in [3.63, 3.8) is 0 Å². The van der Waals surface area contributed by atoms with Gasteiger partial charge in [-0.05, 0) is 48.2 Å². The molecule has 5 heteroatoms. The summed E-state index contributed by atoms with van der Waals surface area (Å²) in [6, 6.07) is 7.97. The number of aromatic carboxylic acids is 1. The van der Waals surface area contributed by atoms with Gasteiger partial charge in [0.05, 0.1) is 0 Å². The van der Waals surface area contributed by atoms with Gasteiger partial charge in [-0.25, -0.2) is 4.79 Å². The zero-order chi connectivity index (χ0) is 18.2. The Morgan fingerprint density at radius 1 is 1.08 bits per heavy atom. The molecular formula is C19H19ClO4. The fourth-order valence-corrected chi connectivity index (χ4v) is 2.72. The van der Waals surface area contributed by atoms with E-state index in [1.165, 1.54) is 6.92 Å². The summed E-state index contributed by atoms with van der Waals surface area (Å²) < 4.78 is 0. The van der Waals surface area contributed by atoms with Gasteiger partial charge >= 0.3 is 5.97 Å². The van der Waals surface area contributed by atoms with Crippen LogP contribution in [0.2, 0.25) is 5.02 Å². The molecule has 0 aromatic heterocycles. The summed E-state index contributed by atoms with van der Waals surface area (Å²) in [7, 11) is 0. The van der Waals surface area contributed by atoms with E-state index in [4.69, 9.17) is 11.6 Å². The highest BCUT2D eigenvalue weighted by Gasteiger charge is 2.28. The van der Waals surface area contributed by atoms with Gasteiger partial charge in [0.15, 0.2) is 5.78 Å². The number of halogens is 1. The standard InChI is InChI=1S/C19H19ClO4/c1-10-13(16(21)11-5-7-12(20)8-6-11)9-14(19(2,3)4)17(22)15(10)18(23)24/h5-9,22H,1-4H3,(H,23,24). The molecule has 0 saturated carbocycles. The van der Waals surface area contributed by atoms with Crippen LogP contribution in [0.25, 0.3) is 0 Å². The molecule has 2 aromatic rings. The summed E-state index contributed by atoms with van der Waals surface area (Å²) in [5.74, 6) is -1.86. The van der Waals surface area contributed by atoms with E-state index in [1.54, 1.807) is 30.3 Å². The number of ketones is 1. The number of hydrogen-bond acceptors (Lipinski definition) is 3. The van der Waals surface area contributed by atoms with Crippen molar-refractivity contribution in [2.45, 2.75) is 33.1 Å². The Labute approximate surface area is 145 Å². The van der Waals surface area contributed by atoms with Crippen LogP contribution < -0.4 is 0 Å². The molecular weight excluding hydrogens is 328 g/mol. The van der Waals surface area contributed by atoms with Crippen molar-refractivity contribution in [3.05, 3.63) is 63.2 Å². The number of aromatic hydroxyl groups is 1. The molecule has 2 aromatic carbocycles. The monoisotopic (exact) mass is 346 g/mol. The molecule has 0 aliphatic carbocycles. The molecule has 0 unspecified atom stereocenters. The van der Waals surface area contributed by atoms with Crippen LogP contribution in [0.5, 0.6) is 5.75 Å². The third kappa shape index (κ3) is 3.29. The molecule has 0 atom stereocenters. The Morgan fingerprint density at radius 3 is 2.08 bits per heavy atom. The van der Waals surface area contributed by atoms with E-state index in [0.717, 1.165) is 0 Å². The first kappa shape index (κ1) is 18.0. The summed E-state index contributed by atoms with van der Waals surface area (Å²) in [6.07, 6.45) is 0. The number of phenols is 1. The van der Waals surface area contributed by atoms with E-state index < -0.39 is 11.4 Å². The van der Waals surface area contributed by atoms with Crippen LogP contribution in [0.3, 0.4) is 0 Å². The lowest BCUT2D eigenvalue weighted by Gasteiger charge is -2.24. The second-order valence-electron chi connectivity index (χ2n) is 6.71. The number of carbonyl (C=O) groups excluding carboxylic acids is 1. The lowest BCUT2D eigenvalue weighted by atomic mass is 9.81. The second kappa shape index (κ2) is 6.29. The molecule has 0 aliphatic heterocycles. The van der Waals surface area contributed by atoms with Gasteiger partial charge in [0.1, 0.15) is 11.3 Å². The van der Waals surface area contributed by atoms with Crippen LogP contribution in [-0.4, -0.2) is 22.0 Å². The smallest absolute Gasteiger partial charge is 0.339 e. The van der Waals surface area contributed by atoms with Crippen LogP contribution in [-0.2, 0) is 5.41 Å². The average molecular weight is 347 g/mol. The molecule has 0 amide bonds. The molecule has 126 valence electrons. The molecule has 2 rings (SSSR count). The van der Waals surface area contributed by atoms with Crippen molar-refractivity contribution >= 4 is 23.4 Å². The predicted octanol–water partition coefficient (Wildman–Crippen LogP) is 4.58. The fourth-order valence-electron chi connectivity index (χ4n) is 2.59. The molecule has 0 radical (unpaired) electrons. The van der Waals surface area contributed by atoms with Gasteiger partial charge in [0, 0.05) is 21.7 Å². The highest BCUT2D eigenvalue weighted by molar-refractivity contribution is 6.30. The van der Waals surface area contributed by atoms with E-state index in [0.29, 0.717) is 16.1 Å². The van der Waals surface area contributed by atoms with E-state index in [9.17, 15) is 19.8 Å². The quantitative estimate of drug-likeness (QED) is 0.797. The lowest BCUT2D eigenvalue weighted by Crippen LogP contribution is -2.17. The first-order chi connectivity index (χ1) is 11.0. The second-order valence-corrected chi connectivity index (χ2v) is 7.15. The van der Waals surface area contributed by atoms with Crippen molar-refractivity contribution < 1.29 is 19.8 Å². The Kier molecular flexibility index (Phi) is 4.72. The largest absolute Gasteiger partial charge is 0.507 e. The minimum atomic E-state index is -1.26. The van der Waals surface area contributed by atoms with Crippen LogP contribution in [0.4, 0.5) is 0 Å². The van der Waals surface area contributed by atoms with Gasteiger partial charge in [-0.3, -0.25) is 4.79 Å². The first-order valence-corrected chi connectivity index (χ1v) is 7.82. The summed E-state index contributed by atoms with van der Waals surface area (Å²) in [6.45, 7) is 7.07. The predicted molar refractivity (Wildman–Crippen MR) is 93.4 cm³/mol. The molecule has 24 heavy (non-hydrogen) atoms. The van der Waals surface area contributed by atoms with Crippen LogP contribution in [0.15, 0.2) is 30.3 Å². The molecule has 0 bridgehead atoms. The van der Waals surface area contributed by atoms with Crippen LogP contribution >= 0.6 is 11.6 Å². The molecule has 0 aliphatic rings. The normalized spacial score (nSPS) is 11.4. The molecule has 0 spiro atoms. The summed E-state index contributed by atoms with van der Waals surface area (Å²) in [4.78, 5) is 24.4. The molecule has 4 nitrogen and oxygen atoms in total. The highest BCUT2D eigenvalue weighted by atomic mass is 35.5. The topological polar surface area (TPSA) is 74.6 Å². The van der Waals surface area contributed by atoms with Crippen molar-refractivity contribution in [2.24, 2.45) is 0 Å². The van der Waals surface area contributed by atoms with E-state index in [-0.39, 0.29) is 28.2 Å². The van der Waals surface area contributed by atoms with Crippen molar-refractivity contribution in [1.29, 1.82) is 0 Å². The molecule has 0 heterocycles. The van der Waals surface area contributed by atoms with Crippen molar-refractivity contribution in [1.82, 2.24) is 0 Å². The van der Waals surface area contributed by atoms with Gasteiger partial charge in [-0.2, -0.15) is 0 Å². The number of carbonyl (C=O) groups is 2. The van der Waals surface area contributed by atoms with Crippen LogP contribution in [0.1, 0.15) is 58.2 Å². The third-order valence-corrected chi connectivity index (χ3v) is 4.18. The maximum atomic E-state index is 12.8. The Balaban J connectivity index is 2.74. The molecule has 0 fully saturated rings. The van der Waals surface area contributed by atoms with E-state index >= 15 is 0 Å². The number of benzene rings is 2. The van der Waals surface area contributed by atoms with Gasteiger partial charge in [0.25, 0.3) is 0 Å². The van der Waals surface area contributed by atoms with E-state index in [2.05, 4.69) is 0 Å². The summed E-state index contributed by atoms with van der Waals surface area (Å²) in [5.41, 5.74) is 0.578. The number of hydrogen-bond donors (Lipinski definition) is 2. The summed E-state index contributed by atoms with van der Waals surface area (Å²) in [5, 5.41) is 20.4. The molecule has 2 N–H and O–H groups in total. The zero-order valence-corrected chi connectivity index (χ0v) is 14.7. The van der Waals surface area contributed by atoms with E-state index in [1.807, 2.05) is 20.8 Å². The number of rotatable bonds is 3. The van der Waals surface area contributed by atoms with Crippen molar-refractivity contribution in [3.8, 4) is 5.75 Å². The number of carboxylic acid groups (broad SMARTS) is 1. The first-order valence-electron chi connectivity index (χ1n) is 7.44. The minimum absolute atomic E-state index is 0.236. The number of carboxylic acids is 1. The third-order valence-electron chi connectivity index (χ3n) is 3.93. The van der Waals surface area contributed by atoms with Crippen LogP contribution in [0, 0.1) is 6.92 Å². The van der Waals surface area contributed by atoms with Gasteiger partial charge < -0.3 is 10.2 Å². The summed E-state index contributed by atoms with van der Waals surface area (Å²) >= 11 is 5.84. The van der Waals surface area contributed by atoms with Gasteiger partial charge in [-0.1, -0.05) is 32.4 Å². The highest BCUT2D eigenvalue weighted by Crippen LogP contribution is 2.37. The van der Waals surface area contributed by atoms with Crippen molar-refractivity contribution in [2.75, 3.05) is 0 Å². The Bertz CT molecular complexity index is 815. The fraction of sp³-hybridized carbons (Fsp3) is 0.263.